The maximum atomic E-state index is 12.7. The highest BCUT2D eigenvalue weighted by molar-refractivity contribution is 5.97. The number of hydrogen-bond acceptors (Lipinski definition) is 3. The molecule has 4 rings (SSSR count). The average Bonchev–Trinajstić information content (AvgIpc) is 3.41. The van der Waals surface area contributed by atoms with Crippen LogP contribution in [0.5, 0.6) is 0 Å². The van der Waals surface area contributed by atoms with Gasteiger partial charge in [0.2, 0.25) is 5.91 Å². The lowest BCUT2D eigenvalue weighted by molar-refractivity contribution is -0.117. The van der Waals surface area contributed by atoms with Crippen molar-refractivity contribution in [3.63, 3.8) is 0 Å². The van der Waals surface area contributed by atoms with Gasteiger partial charge in [-0.1, -0.05) is 6.07 Å². The Morgan fingerprint density at radius 2 is 2.00 bits per heavy atom. The summed E-state index contributed by atoms with van der Waals surface area (Å²) >= 11 is 0. The molecule has 2 fully saturated rings. The Labute approximate surface area is 153 Å². The minimum Gasteiger partial charge on any atom is -0.343 e. The zero-order chi connectivity index (χ0) is 18.1. The highest BCUT2D eigenvalue weighted by Crippen LogP contribution is 2.41. The second-order valence-electron chi connectivity index (χ2n) is 7.19. The van der Waals surface area contributed by atoms with Gasteiger partial charge in [0.25, 0.3) is 5.91 Å². The third-order valence-corrected chi connectivity index (χ3v) is 5.24. The van der Waals surface area contributed by atoms with Crippen LogP contribution in [0, 0.1) is 12.8 Å². The van der Waals surface area contributed by atoms with Crippen LogP contribution >= 0.6 is 0 Å². The van der Waals surface area contributed by atoms with E-state index in [-0.39, 0.29) is 17.9 Å². The van der Waals surface area contributed by atoms with E-state index in [4.69, 9.17) is 0 Å². The zero-order valence-electron chi connectivity index (χ0n) is 14.9. The van der Waals surface area contributed by atoms with E-state index in [9.17, 15) is 9.59 Å². The summed E-state index contributed by atoms with van der Waals surface area (Å²) < 4.78 is 0. The van der Waals surface area contributed by atoms with Gasteiger partial charge in [-0.2, -0.15) is 0 Å². The Morgan fingerprint density at radius 3 is 2.62 bits per heavy atom. The molecular weight excluding hydrogens is 326 g/mol. The maximum Gasteiger partial charge on any atom is 0.251 e. The quantitative estimate of drug-likeness (QED) is 0.900. The van der Waals surface area contributed by atoms with Gasteiger partial charge < -0.3 is 10.2 Å². The molecule has 26 heavy (non-hydrogen) atoms. The molecule has 1 saturated heterocycles. The number of aryl methyl sites for hydroxylation is 1. The number of aromatic nitrogens is 1. The summed E-state index contributed by atoms with van der Waals surface area (Å²) in [5.74, 6) is 0.530. The Morgan fingerprint density at radius 1 is 1.23 bits per heavy atom. The molecule has 2 aromatic rings. The number of carbonyl (C=O) groups is 2. The SMILES string of the molecule is Cc1cccnc1C(NC(=O)c1ccc(N2CCCC2=O)cc1)C1CC1. The van der Waals surface area contributed by atoms with Gasteiger partial charge in [0, 0.05) is 30.4 Å². The van der Waals surface area contributed by atoms with E-state index < -0.39 is 0 Å². The lowest BCUT2D eigenvalue weighted by atomic mass is 10.0. The number of amides is 2. The summed E-state index contributed by atoms with van der Waals surface area (Å²) in [7, 11) is 0. The molecule has 1 N–H and O–H groups in total. The van der Waals surface area contributed by atoms with Crippen LogP contribution in [0.4, 0.5) is 5.69 Å². The van der Waals surface area contributed by atoms with Crippen molar-refractivity contribution >= 4 is 17.5 Å². The van der Waals surface area contributed by atoms with Gasteiger partial charge in [0.1, 0.15) is 0 Å². The third kappa shape index (κ3) is 3.34. The first-order valence-corrected chi connectivity index (χ1v) is 9.26. The van der Waals surface area contributed by atoms with Crippen LogP contribution in [-0.4, -0.2) is 23.3 Å². The molecule has 134 valence electrons. The fourth-order valence-corrected chi connectivity index (χ4v) is 3.60. The highest BCUT2D eigenvalue weighted by Gasteiger charge is 2.35. The number of nitrogens with one attached hydrogen (secondary N) is 1. The van der Waals surface area contributed by atoms with Crippen molar-refractivity contribution in [3.8, 4) is 0 Å². The van der Waals surface area contributed by atoms with Gasteiger partial charge in [-0.15, -0.1) is 0 Å². The molecule has 1 saturated carbocycles. The average molecular weight is 349 g/mol. The standard InChI is InChI=1S/C21H23N3O2/c1-14-4-2-12-22-19(14)20(15-6-7-15)23-21(26)16-8-10-17(11-9-16)24-13-3-5-18(24)25/h2,4,8-12,15,20H,3,5-7,13H2,1H3,(H,23,26). The number of rotatable bonds is 5. The summed E-state index contributed by atoms with van der Waals surface area (Å²) in [6.45, 7) is 2.79. The molecule has 1 aliphatic carbocycles. The van der Waals surface area contributed by atoms with Crippen molar-refractivity contribution < 1.29 is 9.59 Å². The van der Waals surface area contributed by atoms with Crippen LogP contribution in [-0.2, 0) is 4.79 Å². The van der Waals surface area contributed by atoms with Crippen molar-refractivity contribution in [2.75, 3.05) is 11.4 Å². The van der Waals surface area contributed by atoms with Crippen LogP contribution in [0.25, 0.3) is 0 Å². The molecular formula is C21H23N3O2. The highest BCUT2D eigenvalue weighted by atomic mass is 16.2. The Hall–Kier alpha value is -2.69. The minimum atomic E-state index is -0.0914. The van der Waals surface area contributed by atoms with Crippen LogP contribution in [0.3, 0.4) is 0 Å². The summed E-state index contributed by atoms with van der Waals surface area (Å²) in [4.78, 5) is 30.9. The number of hydrogen-bond donors (Lipinski definition) is 1. The van der Waals surface area contributed by atoms with Gasteiger partial charge in [0.05, 0.1) is 11.7 Å². The number of carbonyl (C=O) groups excluding carboxylic acids is 2. The summed E-state index contributed by atoms with van der Waals surface area (Å²) in [5, 5.41) is 3.17. The number of anilines is 1. The van der Waals surface area contributed by atoms with Gasteiger partial charge in [-0.05, 0) is 68.0 Å². The van der Waals surface area contributed by atoms with Crippen molar-refractivity contribution in [2.45, 2.75) is 38.6 Å². The fraction of sp³-hybridized carbons (Fsp3) is 0.381. The molecule has 0 spiro atoms. The van der Waals surface area contributed by atoms with Gasteiger partial charge in [-0.3, -0.25) is 14.6 Å². The molecule has 5 heteroatoms. The summed E-state index contributed by atoms with van der Waals surface area (Å²) in [5.41, 5.74) is 3.54. The molecule has 1 aromatic heterocycles. The predicted molar refractivity (Wildman–Crippen MR) is 99.9 cm³/mol. The number of pyridine rings is 1. The smallest absolute Gasteiger partial charge is 0.251 e. The van der Waals surface area contributed by atoms with Crippen LogP contribution in [0.15, 0.2) is 42.6 Å². The molecule has 2 aliphatic rings. The second kappa shape index (κ2) is 6.90. The topological polar surface area (TPSA) is 62.3 Å². The van der Waals surface area contributed by atoms with E-state index in [1.165, 1.54) is 0 Å². The van der Waals surface area contributed by atoms with E-state index in [1.54, 1.807) is 23.2 Å². The Bertz CT molecular complexity index is 827. The Kier molecular flexibility index (Phi) is 4.45. The first kappa shape index (κ1) is 16.8. The first-order chi connectivity index (χ1) is 12.6. The van der Waals surface area contributed by atoms with Gasteiger partial charge in [-0.25, -0.2) is 0 Å². The largest absolute Gasteiger partial charge is 0.343 e. The molecule has 2 amide bonds. The van der Waals surface area contributed by atoms with E-state index >= 15 is 0 Å². The Balaban J connectivity index is 1.50. The van der Waals surface area contributed by atoms with Crippen molar-refractivity contribution in [1.29, 1.82) is 0 Å². The van der Waals surface area contributed by atoms with Gasteiger partial charge >= 0.3 is 0 Å². The molecule has 1 aromatic carbocycles. The van der Waals surface area contributed by atoms with Crippen LogP contribution in [0.2, 0.25) is 0 Å². The molecule has 0 bridgehead atoms. The molecule has 1 unspecified atom stereocenters. The minimum absolute atomic E-state index is 0.0384. The monoisotopic (exact) mass is 349 g/mol. The maximum absolute atomic E-state index is 12.7. The van der Waals surface area contributed by atoms with E-state index in [2.05, 4.69) is 10.3 Å². The van der Waals surface area contributed by atoms with E-state index in [0.717, 1.165) is 42.8 Å². The normalized spacial score (nSPS) is 18.0. The molecule has 5 nitrogen and oxygen atoms in total. The molecule has 1 atom stereocenters. The predicted octanol–water partition coefficient (Wildman–Crippen LogP) is 3.40. The van der Waals surface area contributed by atoms with E-state index in [0.29, 0.717) is 17.9 Å². The fourth-order valence-electron chi connectivity index (χ4n) is 3.60. The third-order valence-electron chi connectivity index (χ3n) is 5.24. The molecule has 1 aliphatic heterocycles. The molecule has 0 radical (unpaired) electrons. The lowest BCUT2D eigenvalue weighted by Crippen LogP contribution is -2.31. The second-order valence-corrected chi connectivity index (χ2v) is 7.19. The van der Waals surface area contributed by atoms with Crippen molar-refractivity contribution in [3.05, 3.63) is 59.4 Å². The number of benzene rings is 1. The first-order valence-electron chi connectivity index (χ1n) is 9.26. The molecule has 2 heterocycles. The van der Waals surface area contributed by atoms with Crippen molar-refractivity contribution in [2.24, 2.45) is 5.92 Å². The van der Waals surface area contributed by atoms with Crippen molar-refractivity contribution in [1.82, 2.24) is 10.3 Å². The summed E-state index contributed by atoms with van der Waals surface area (Å²) in [6, 6.07) is 11.2. The van der Waals surface area contributed by atoms with Gasteiger partial charge in [0.15, 0.2) is 0 Å². The van der Waals surface area contributed by atoms with Crippen LogP contribution in [0.1, 0.15) is 53.3 Å². The zero-order valence-corrected chi connectivity index (χ0v) is 14.9. The van der Waals surface area contributed by atoms with Crippen LogP contribution < -0.4 is 10.2 Å². The summed E-state index contributed by atoms with van der Waals surface area (Å²) in [6.07, 6.45) is 5.53. The number of nitrogens with zero attached hydrogens (tertiary/aromatic N) is 2. The lowest BCUT2D eigenvalue weighted by Gasteiger charge is -2.20. The van der Waals surface area contributed by atoms with E-state index in [1.807, 2.05) is 31.2 Å².